The molecule has 2 aliphatic heterocycles. The largest absolute Gasteiger partial charge is 0.508 e. The van der Waals surface area contributed by atoms with Crippen molar-refractivity contribution in [1.82, 2.24) is 23.9 Å². The highest BCUT2D eigenvalue weighted by molar-refractivity contribution is 6.33. The fraction of sp³-hybridized carbons (Fsp3) is 0.237. The number of alkyl halides is 3. The summed E-state index contributed by atoms with van der Waals surface area (Å²) in [5.41, 5.74) is 0.221. The van der Waals surface area contributed by atoms with Crippen LogP contribution in [0.2, 0.25) is 10.0 Å². The second-order valence-electron chi connectivity index (χ2n) is 13.5. The van der Waals surface area contributed by atoms with Crippen LogP contribution in [0.15, 0.2) is 106 Å². The lowest BCUT2D eigenvalue weighted by molar-refractivity contribution is -0.139. The lowest BCUT2D eigenvalue weighted by Gasteiger charge is -2.49. The first kappa shape index (κ1) is 36.2. The van der Waals surface area contributed by atoms with E-state index in [1.54, 1.807) is 42.5 Å². The van der Waals surface area contributed by atoms with Crippen molar-refractivity contribution in [3.63, 3.8) is 0 Å². The Balaban J connectivity index is 1.31. The van der Waals surface area contributed by atoms with E-state index in [-0.39, 0.29) is 30.9 Å². The quantitative estimate of drug-likeness (QED) is 0.152. The highest BCUT2D eigenvalue weighted by atomic mass is 35.5. The number of phenolic OH excluding ortho intramolecular Hbond substituents is 1. The second-order valence-corrected chi connectivity index (χ2v) is 14.3. The number of allylic oxidation sites excluding steroid dienone is 2. The van der Waals surface area contributed by atoms with E-state index < -0.39 is 69.1 Å². The summed E-state index contributed by atoms with van der Waals surface area (Å²) in [6, 6.07) is 19.9. The van der Waals surface area contributed by atoms with E-state index in [1.165, 1.54) is 22.5 Å². The molecular weight excluding hydrogens is 764 g/mol. The molecule has 282 valence electrons. The number of aromatic hydroxyl groups is 1. The highest BCUT2D eigenvalue weighted by Gasteiger charge is 2.69. The summed E-state index contributed by atoms with van der Waals surface area (Å²) in [6.07, 6.45) is -2.69. The van der Waals surface area contributed by atoms with Crippen LogP contribution in [-0.2, 0) is 41.4 Å². The number of imide groups is 1. The molecule has 17 heteroatoms. The smallest absolute Gasteiger partial charge is 0.417 e. The van der Waals surface area contributed by atoms with Gasteiger partial charge in [0.2, 0.25) is 0 Å². The number of carbonyl (C=O) groups is 2. The van der Waals surface area contributed by atoms with Gasteiger partial charge in [-0.3, -0.25) is 15.0 Å². The molecule has 1 aliphatic carbocycles. The summed E-state index contributed by atoms with van der Waals surface area (Å²) >= 11 is 12.5. The Morgan fingerprint density at radius 2 is 1.71 bits per heavy atom. The van der Waals surface area contributed by atoms with E-state index in [4.69, 9.17) is 27.9 Å². The molecule has 3 aromatic carbocycles. The number of hydrogen-bond donors (Lipinski definition) is 2. The maximum absolute atomic E-state index is 15.3. The Labute approximate surface area is 319 Å². The molecule has 2 N–H and O–H groups in total. The van der Waals surface area contributed by atoms with Crippen LogP contribution in [0.1, 0.15) is 40.6 Å². The van der Waals surface area contributed by atoms with Gasteiger partial charge in [0, 0.05) is 35.8 Å². The van der Waals surface area contributed by atoms with Crippen LogP contribution in [0.3, 0.4) is 0 Å². The molecule has 4 atom stereocenters. The summed E-state index contributed by atoms with van der Waals surface area (Å²) in [5, 5.41) is 12.3. The van der Waals surface area contributed by atoms with Crippen LogP contribution in [0.5, 0.6) is 11.5 Å². The first-order valence-electron chi connectivity index (χ1n) is 16.9. The molecule has 1 saturated heterocycles. The lowest BCUT2D eigenvalue weighted by Crippen LogP contribution is -2.53. The summed E-state index contributed by atoms with van der Waals surface area (Å²) < 4.78 is 49.8. The van der Waals surface area contributed by atoms with E-state index in [1.807, 2.05) is 30.3 Å². The third-order valence-electron chi connectivity index (χ3n) is 10.6. The lowest BCUT2D eigenvalue weighted by atomic mass is 9.53. The number of hydrogen-bond acceptors (Lipinski definition) is 8. The van der Waals surface area contributed by atoms with Crippen LogP contribution < -0.4 is 21.5 Å². The topological polar surface area (TPSA) is 141 Å². The number of hydrazine groups is 1. The zero-order valence-corrected chi connectivity index (χ0v) is 30.1. The van der Waals surface area contributed by atoms with Gasteiger partial charge < -0.3 is 9.84 Å². The fourth-order valence-corrected chi connectivity index (χ4v) is 8.43. The van der Waals surface area contributed by atoms with Crippen molar-refractivity contribution in [3.05, 3.63) is 150 Å². The van der Waals surface area contributed by atoms with Gasteiger partial charge in [0.15, 0.2) is 5.82 Å². The van der Waals surface area contributed by atoms with Gasteiger partial charge in [0.1, 0.15) is 18.1 Å². The van der Waals surface area contributed by atoms with Gasteiger partial charge in [0.05, 0.1) is 34.5 Å². The van der Waals surface area contributed by atoms with Crippen LogP contribution in [0.25, 0.3) is 0 Å². The van der Waals surface area contributed by atoms with Crippen molar-refractivity contribution in [2.45, 2.75) is 43.1 Å². The van der Waals surface area contributed by atoms with E-state index in [0.717, 1.165) is 10.1 Å². The van der Waals surface area contributed by atoms with Crippen molar-refractivity contribution >= 4 is 40.8 Å². The second kappa shape index (κ2) is 13.2. The number of pyridine rings is 1. The fourth-order valence-electron chi connectivity index (χ4n) is 8.10. The van der Waals surface area contributed by atoms with Crippen molar-refractivity contribution in [2.75, 3.05) is 5.43 Å². The minimum absolute atomic E-state index is 0.0627. The normalized spacial score (nSPS) is 21.8. The Morgan fingerprint density at radius 3 is 2.38 bits per heavy atom. The van der Waals surface area contributed by atoms with Crippen LogP contribution >= 0.6 is 23.2 Å². The summed E-state index contributed by atoms with van der Waals surface area (Å²) in [4.78, 5) is 60.5. The number of halogens is 5. The molecule has 1 saturated carbocycles. The number of benzene rings is 3. The van der Waals surface area contributed by atoms with Crippen LogP contribution in [0, 0.1) is 5.92 Å². The number of anilines is 1. The SMILES string of the molecule is Cn1c(=O)n2n(c1=O)[C@@H]1C[C@H]3C(=O)N(Nc4ncc(C(F)(F)F)cc4Cl)C(=O)[C@@]3(c3ccc(Cl)cc3)[C@@H](c3ccc(OCc4ccccc4)cc3O)C1=CC2. The minimum atomic E-state index is -4.76. The number of aromatic nitrogens is 4. The number of nitrogens with one attached hydrogen (secondary N) is 1. The molecule has 0 unspecified atom stereocenters. The average Bonchev–Trinajstić information content (AvgIpc) is 3.51. The third kappa shape index (κ3) is 5.71. The van der Waals surface area contributed by atoms with E-state index in [0.29, 0.717) is 39.2 Å². The van der Waals surface area contributed by atoms with Crippen molar-refractivity contribution in [2.24, 2.45) is 13.0 Å². The molecular formula is C38H29Cl2F3N6O6. The van der Waals surface area contributed by atoms with Gasteiger partial charge in [0.25, 0.3) is 11.8 Å². The number of rotatable bonds is 7. The Bertz CT molecular complexity index is 2530. The predicted molar refractivity (Wildman–Crippen MR) is 194 cm³/mol. The molecule has 5 aromatic rings. The highest BCUT2D eigenvalue weighted by Crippen LogP contribution is 2.63. The van der Waals surface area contributed by atoms with Crippen LogP contribution in [-0.4, -0.2) is 40.8 Å². The summed E-state index contributed by atoms with van der Waals surface area (Å²) in [5.74, 6) is -4.46. The number of nitrogens with zero attached hydrogens (tertiary/aromatic N) is 5. The summed E-state index contributed by atoms with van der Waals surface area (Å²) in [6.45, 7) is 0.127. The molecule has 2 aromatic heterocycles. The van der Waals surface area contributed by atoms with Crippen LogP contribution in [0.4, 0.5) is 19.0 Å². The average molecular weight is 794 g/mol. The first-order valence-corrected chi connectivity index (χ1v) is 17.7. The number of ether oxygens (including phenoxy) is 1. The molecule has 3 aliphatic rings. The zero-order chi connectivity index (χ0) is 39.0. The minimum Gasteiger partial charge on any atom is -0.508 e. The Morgan fingerprint density at radius 1 is 0.982 bits per heavy atom. The Kier molecular flexibility index (Phi) is 8.68. The number of amides is 2. The molecule has 12 nitrogen and oxygen atoms in total. The number of phenols is 1. The number of carbonyl (C=O) groups excluding carboxylic acids is 2. The molecule has 2 fully saturated rings. The third-order valence-corrected chi connectivity index (χ3v) is 11.1. The number of fused-ring (bicyclic) bond motifs is 4. The predicted octanol–water partition coefficient (Wildman–Crippen LogP) is 5.97. The van der Waals surface area contributed by atoms with Gasteiger partial charge in [-0.15, -0.1) is 0 Å². The molecule has 4 heterocycles. The van der Waals surface area contributed by atoms with Gasteiger partial charge >= 0.3 is 17.6 Å². The van der Waals surface area contributed by atoms with Crippen molar-refractivity contribution in [1.29, 1.82) is 0 Å². The molecule has 0 spiro atoms. The maximum atomic E-state index is 15.3. The standard InChI is InChI=1S/C38H29Cl2F3N6O6/c1-46-35(53)47-14-13-25-29(49(47)36(46)54)17-27-33(51)48(45-32-28(40)15-22(18-44-32)38(41,42)43)34(52)37(27,21-7-9-23(39)10-8-21)31(25)26-12-11-24(16-30(26)50)55-19-20-5-3-2-4-6-20/h2-13,15-16,18,27,29,31,50H,14,17,19H2,1H3,(H,44,45)/t27-,29+,31+,37+/m0/s1. The van der Waals surface area contributed by atoms with Gasteiger partial charge in [-0.2, -0.15) is 18.2 Å². The molecule has 0 radical (unpaired) electrons. The van der Waals surface area contributed by atoms with Gasteiger partial charge in [-0.1, -0.05) is 77.8 Å². The Hall–Kier alpha value is -5.80. The van der Waals surface area contributed by atoms with E-state index in [9.17, 15) is 32.7 Å². The van der Waals surface area contributed by atoms with E-state index >= 15 is 4.79 Å². The maximum Gasteiger partial charge on any atom is 0.417 e. The van der Waals surface area contributed by atoms with Crippen molar-refractivity contribution < 1.29 is 32.6 Å². The monoisotopic (exact) mass is 792 g/mol. The zero-order valence-electron chi connectivity index (χ0n) is 28.6. The first-order chi connectivity index (χ1) is 26.2. The molecule has 55 heavy (non-hydrogen) atoms. The van der Waals surface area contributed by atoms with E-state index in [2.05, 4.69) is 10.4 Å². The molecule has 8 rings (SSSR count). The molecule has 2 amide bonds. The van der Waals surface area contributed by atoms with Gasteiger partial charge in [-0.25, -0.2) is 28.5 Å². The van der Waals surface area contributed by atoms with Crippen molar-refractivity contribution in [3.8, 4) is 11.5 Å². The van der Waals surface area contributed by atoms with Gasteiger partial charge in [-0.05, 0) is 47.4 Å². The molecule has 0 bridgehead atoms. The summed E-state index contributed by atoms with van der Waals surface area (Å²) in [7, 11) is 1.33.